The highest BCUT2D eigenvalue weighted by Gasteiger charge is 2.28. The molecule has 0 saturated carbocycles. The van der Waals surface area contributed by atoms with Gasteiger partial charge in [0.25, 0.3) is 5.91 Å². The van der Waals surface area contributed by atoms with Crippen LogP contribution in [0.4, 0.5) is 10.2 Å². The molecule has 4 rings (SSSR count). The first-order valence-corrected chi connectivity index (χ1v) is 10.4. The van der Waals surface area contributed by atoms with E-state index in [0.29, 0.717) is 55.1 Å². The molecule has 1 aromatic carbocycles. The van der Waals surface area contributed by atoms with Gasteiger partial charge in [0.1, 0.15) is 17.5 Å². The number of imidazole rings is 1. The molecule has 10 heteroatoms. The van der Waals surface area contributed by atoms with Crippen LogP contribution in [0.5, 0.6) is 0 Å². The standard InChI is InChI=1S/C22H25FN6O3/c1-13-15-6-8-19(30)29(9-4-10-32-3)21(15)27-18(24-13)12-28(2)22(31)20-25-16-7-5-14(23)11-17(16)26-20/h5,7,11H,4,6,8-10,12H2,1-3H3,(H,25,26). The van der Waals surface area contributed by atoms with Crippen molar-refractivity contribution < 1.29 is 18.7 Å². The number of carbonyl (C=O) groups is 2. The van der Waals surface area contributed by atoms with E-state index in [2.05, 4.69) is 19.9 Å². The molecule has 3 heterocycles. The van der Waals surface area contributed by atoms with Crippen LogP contribution in [0.3, 0.4) is 0 Å². The van der Waals surface area contributed by atoms with Gasteiger partial charge in [-0.05, 0) is 38.0 Å². The van der Waals surface area contributed by atoms with E-state index in [0.717, 1.165) is 11.3 Å². The molecule has 0 aliphatic carbocycles. The highest BCUT2D eigenvalue weighted by molar-refractivity contribution is 5.95. The maximum atomic E-state index is 13.4. The van der Waals surface area contributed by atoms with Crippen molar-refractivity contribution in [2.75, 3.05) is 32.2 Å². The molecule has 9 nitrogen and oxygen atoms in total. The third kappa shape index (κ3) is 4.31. The molecule has 0 unspecified atom stereocenters. The van der Waals surface area contributed by atoms with Crippen molar-refractivity contribution in [1.82, 2.24) is 24.8 Å². The third-order valence-corrected chi connectivity index (χ3v) is 5.49. The van der Waals surface area contributed by atoms with Gasteiger partial charge < -0.3 is 14.6 Å². The summed E-state index contributed by atoms with van der Waals surface area (Å²) in [4.78, 5) is 44.8. The summed E-state index contributed by atoms with van der Waals surface area (Å²) < 4.78 is 18.5. The Morgan fingerprint density at radius 1 is 1.28 bits per heavy atom. The highest BCUT2D eigenvalue weighted by atomic mass is 19.1. The fourth-order valence-electron chi connectivity index (χ4n) is 3.85. The maximum Gasteiger partial charge on any atom is 0.289 e. The van der Waals surface area contributed by atoms with Crippen LogP contribution in [0.2, 0.25) is 0 Å². The zero-order chi connectivity index (χ0) is 22.8. The number of halogens is 1. The van der Waals surface area contributed by atoms with E-state index in [-0.39, 0.29) is 24.2 Å². The number of nitrogens with zero attached hydrogens (tertiary/aromatic N) is 5. The van der Waals surface area contributed by atoms with Gasteiger partial charge in [-0.25, -0.2) is 19.3 Å². The third-order valence-electron chi connectivity index (χ3n) is 5.49. The molecule has 2 amide bonds. The lowest BCUT2D eigenvalue weighted by Crippen LogP contribution is -2.38. The number of aromatic nitrogens is 4. The van der Waals surface area contributed by atoms with Gasteiger partial charge in [0.15, 0.2) is 5.82 Å². The van der Waals surface area contributed by atoms with Gasteiger partial charge in [0.05, 0.1) is 17.6 Å². The average molecular weight is 440 g/mol. The second-order valence-electron chi connectivity index (χ2n) is 7.83. The van der Waals surface area contributed by atoms with E-state index in [4.69, 9.17) is 4.74 Å². The van der Waals surface area contributed by atoms with Gasteiger partial charge in [-0.2, -0.15) is 0 Å². The highest BCUT2D eigenvalue weighted by Crippen LogP contribution is 2.28. The lowest BCUT2D eigenvalue weighted by molar-refractivity contribution is -0.119. The van der Waals surface area contributed by atoms with Gasteiger partial charge in [-0.1, -0.05) is 0 Å². The summed E-state index contributed by atoms with van der Waals surface area (Å²) in [6.45, 7) is 3.09. The number of amides is 2. The minimum Gasteiger partial charge on any atom is -0.385 e. The summed E-state index contributed by atoms with van der Waals surface area (Å²) in [5.74, 6) is 0.408. The van der Waals surface area contributed by atoms with Crippen LogP contribution in [0.1, 0.15) is 40.5 Å². The first-order valence-electron chi connectivity index (χ1n) is 10.4. The smallest absolute Gasteiger partial charge is 0.289 e. The Balaban J connectivity index is 1.56. The predicted octanol–water partition coefficient (Wildman–Crippen LogP) is 2.39. The lowest BCUT2D eigenvalue weighted by atomic mass is 10.0. The van der Waals surface area contributed by atoms with Crippen LogP contribution in [0.25, 0.3) is 11.0 Å². The number of aryl methyl sites for hydroxylation is 1. The van der Waals surface area contributed by atoms with Crippen molar-refractivity contribution in [2.45, 2.75) is 32.7 Å². The van der Waals surface area contributed by atoms with Crippen molar-refractivity contribution >= 4 is 28.7 Å². The molecule has 1 aliphatic heterocycles. The second-order valence-corrected chi connectivity index (χ2v) is 7.83. The Morgan fingerprint density at radius 2 is 2.09 bits per heavy atom. The summed E-state index contributed by atoms with van der Waals surface area (Å²) in [6, 6.07) is 4.11. The van der Waals surface area contributed by atoms with Crippen LogP contribution in [0.15, 0.2) is 18.2 Å². The zero-order valence-corrected chi connectivity index (χ0v) is 18.3. The topological polar surface area (TPSA) is 104 Å². The predicted molar refractivity (Wildman–Crippen MR) is 116 cm³/mol. The molecule has 2 aromatic heterocycles. The Bertz CT molecular complexity index is 1180. The first-order chi connectivity index (χ1) is 15.4. The SMILES string of the molecule is COCCCN1C(=O)CCc2c(C)nc(CN(C)C(=O)c3nc4ccc(F)cc4[nH]3)nc21. The number of carbonyl (C=O) groups excluding carboxylic acids is 2. The molecule has 0 atom stereocenters. The molecule has 1 N–H and O–H groups in total. The summed E-state index contributed by atoms with van der Waals surface area (Å²) in [7, 11) is 3.25. The molecule has 0 saturated heterocycles. The molecule has 3 aromatic rings. The second kappa shape index (κ2) is 8.99. The molecular formula is C22H25FN6O3. The van der Waals surface area contributed by atoms with Crippen molar-refractivity contribution in [2.24, 2.45) is 0 Å². The van der Waals surface area contributed by atoms with E-state index in [1.54, 1.807) is 19.1 Å². The number of ether oxygens (including phenoxy) is 1. The Morgan fingerprint density at radius 3 is 2.88 bits per heavy atom. The molecule has 168 valence electrons. The molecular weight excluding hydrogens is 415 g/mol. The van der Waals surface area contributed by atoms with Crippen LogP contribution < -0.4 is 4.90 Å². The van der Waals surface area contributed by atoms with E-state index in [1.165, 1.54) is 23.1 Å². The van der Waals surface area contributed by atoms with Crippen molar-refractivity contribution in [3.63, 3.8) is 0 Å². The normalized spacial score (nSPS) is 13.5. The number of H-pyrrole nitrogens is 1. The number of hydrogen-bond donors (Lipinski definition) is 1. The fourth-order valence-corrected chi connectivity index (χ4v) is 3.85. The van der Waals surface area contributed by atoms with Crippen molar-refractivity contribution in [3.05, 3.63) is 46.9 Å². The Hall–Kier alpha value is -3.40. The van der Waals surface area contributed by atoms with E-state index in [9.17, 15) is 14.0 Å². The van der Waals surface area contributed by atoms with E-state index < -0.39 is 5.82 Å². The van der Waals surface area contributed by atoms with Gasteiger partial charge in [0, 0.05) is 45.0 Å². The lowest BCUT2D eigenvalue weighted by Gasteiger charge is -2.29. The van der Waals surface area contributed by atoms with Crippen LogP contribution in [-0.4, -0.2) is 64.0 Å². The van der Waals surface area contributed by atoms with Crippen molar-refractivity contribution in [1.29, 1.82) is 0 Å². The quantitative estimate of drug-likeness (QED) is 0.566. The first kappa shape index (κ1) is 21.8. The number of anilines is 1. The molecule has 0 spiro atoms. The number of hydrogen-bond acceptors (Lipinski definition) is 6. The largest absolute Gasteiger partial charge is 0.385 e. The minimum absolute atomic E-state index is 0.0246. The van der Waals surface area contributed by atoms with Crippen LogP contribution in [-0.2, 0) is 22.5 Å². The molecule has 0 radical (unpaired) electrons. The van der Waals surface area contributed by atoms with Gasteiger partial charge in [-0.3, -0.25) is 14.5 Å². The number of fused-ring (bicyclic) bond motifs is 2. The number of methoxy groups -OCH3 is 1. The van der Waals surface area contributed by atoms with E-state index >= 15 is 0 Å². The minimum atomic E-state index is -0.406. The number of nitrogens with one attached hydrogen (secondary N) is 1. The monoisotopic (exact) mass is 440 g/mol. The summed E-state index contributed by atoms with van der Waals surface area (Å²) in [5.41, 5.74) is 2.72. The Labute approximate surface area is 184 Å². The molecule has 32 heavy (non-hydrogen) atoms. The van der Waals surface area contributed by atoms with E-state index in [1.807, 2.05) is 6.92 Å². The van der Waals surface area contributed by atoms with Gasteiger partial charge in [0.2, 0.25) is 5.91 Å². The zero-order valence-electron chi connectivity index (χ0n) is 18.3. The fraction of sp³-hybridized carbons (Fsp3) is 0.409. The van der Waals surface area contributed by atoms with Crippen LogP contribution in [0, 0.1) is 12.7 Å². The number of aromatic amines is 1. The number of benzene rings is 1. The summed E-state index contributed by atoms with van der Waals surface area (Å²) >= 11 is 0. The summed E-state index contributed by atoms with van der Waals surface area (Å²) in [6.07, 6.45) is 1.73. The molecule has 0 fully saturated rings. The van der Waals surface area contributed by atoms with Crippen LogP contribution >= 0.6 is 0 Å². The maximum absolute atomic E-state index is 13.4. The average Bonchev–Trinajstić information content (AvgIpc) is 3.18. The van der Waals surface area contributed by atoms with Gasteiger partial charge in [-0.15, -0.1) is 0 Å². The summed E-state index contributed by atoms with van der Waals surface area (Å²) in [5, 5.41) is 0. The molecule has 0 bridgehead atoms. The Kier molecular flexibility index (Phi) is 6.13. The number of rotatable bonds is 7. The van der Waals surface area contributed by atoms with Crippen molar-refractivity contribution in [3.8, 4) is 0 Å². The molecule has 1 aliphatic rings. The van der Waals surface area contributed by atoms with Gasteiger partial charge >= 0.3 is 0 Å².